The smallest absolute Gasteiger partial charge is 0.244 e. The molecule has 5 nitrogen and oxygen atoms in total. The van der Waals surface area contributed by atoms with Gasteiger partial charge in [0.2, 0.25) is 5.91 Å². The first kappa shape index (κ1) is 19.5. The standard InChI is InChI=1S/C20H19BrN2O3/c1-3-11-26-18-10-7-16(12-19(18)25-4-2)14-22-23-20(24)13-15-5-8-17(21)9-6-15/h1,5-10,12,14H,4,11,13H2,2H3,(H,23,24)/b22-14+. The number of hydrazone groups is 1. The Labute approximate surface area is 161 Å². The van der Waals surface area contributed by atoms with Crippen molar-refractivity contribution in [3.8, 4) is 23.8 Å². The Morgan fingerprint density at radius 2 is 2.00 bits per heavy atom. The summed E-state index contributed by atoms with van der Waals surface area (Å²) in [6, 6.07) is 12.9. The van der Waals surface area contributed by atoms with Crippen LogP contribution in [0.3, 0.4) is 0 Å². The van der Waals surface area contributed by atoms with Crippen molar-refractivity contribution in [1.29, 1.82) is 0 Å². The Bertz CT molecular complexity index is 811. The maximum atomic E-state index is 11.9. The van der Waals surface area contributed by atoms with Gasteiger partial charge in [-0.05, 0) is 48.4 Å². The van der Waals surface area contributed by atoms with Crippen LogP contribution in [0.5, 0.6) is 11.5 Å². The van der Waals surface area contributed by atoms with E-state index in [1.54, 1.807) is 24.4 Å². The van der Waals surface area contributed by atoms with E-state index in [-0.39, 0.29) is 18.9 Å². The molecule has 0 bridgehead atoms. The Hall–Kier alpha value is -2.78. The number of carbonyl (C=O) groups is 1. The second-order valence-electron chi connectivity index (χ2n) is 5.23. The molecule has 0 radical (unpaired) electrons. The van der Waals surface area contributed by atoms with Crippen molar-refractivity contribution in [3.63, 3.8) is 0 Å². The van der Waals surface area contributed by atoms with Crippen molar-refractivity contribution in [2.24, 2.45) is 5.10 Å². The van der Waals surface area contributed by atoms with Crippen molar-refractivity contribution < 1.29 is 14.3 Å². The molecule has 0 fully saturated rings. The number of rotatable bonds is 8. The van der Waals surface area contributed by atoms with Crippen LogP contribution in [0.15, 0.2) is 52.0 Å². The normalized spacial score (nSPS) is 10.3. The molecule has 0 saturated carbocycles. The summed E-state index contributed by atoms with van der Waals surface area (Å²) in [6.07, 6.45) is 7.01. The lowest BCUT2D eigenvalue weighted by molar-refractivity contribution is -0.120. The maximum absolute atomic E-state index is 11.9. The molecule has 26 heavy (non-hydrogen) atoms. The van der Waals surface area contributed by atoms with Gasteiger partial charge in [0.05, 0.1) is 19.2 Å². The third kappa shape index (κ3) is 6.26. The minimum absolute atomic E-state index is 0.166. The molecule has 6 heteroatoms. The highest BCUT2D eigenvalue weighted by atomic mass is 79.9. The molecule has 0 heterocycles. The van der Waals surface area contributed by atoms with E-state index in [1.165, 1.54) is 0 Å². The SMILES string of the molecule is C#CCOc1ccc(/C=N/NC(=O)Cc2ccc(Br)cc2)cc1OCC. The van der Waals surface area contributed by atoms with E-state index in [9.17, 15) is 4.79 Å². The highest BCUT2D eigenvalue weighted by Crippen LogP contribution is 2.27. The van der Waals surface area contributed by atoms with Crippen molar-refractivity contribution in [3.05, 3.63) is 58.1 Å². The molecule has 1 N–H and O–H groups in total. The number of terminal acetylenes is 1. The molecule has 0 aliphatic heterocycles. The molecule has 1 amide bonds. The Balaban J connectivity index is 1.96. The van der Waals surface area contributed by atoms with Crippen LogP contribution in [-0.4, -0.2) is 25.3 Å². The number of carbonyl (C=O) groups excluding carboxylic acids is 1. The molecule has 2 rings (SSSR count). The summed E-state index contributed by atoms with van der Waals surface area (Å²) in [6.45, 7) is 2.55. The molecular formula is C20H19BrN2O3. The van der Waals surface area contributed by atoms with Gasteiger partial charge in [-0.15, -0.1) is 6.42 Å². The van der Waals surface area contributed by atoms with Crippen LogP contribution >= 0.6 is 15.9 Å². The molecule has 0 aliphatic rings. The van der Waals surface area contributed by atoms with Gasteiger partial charge in [0.1, 0.15) is 6.61 Å². The second-order valence-corrected chi connectivity index (χ2v) is 6.14. The van der Waals surface area contributed by atoms with Crippen molar-refractivity contribution in [2.75, 3.05) is 13.2 Å². The van der Waals surface area contributed by atoms with E-state index in [2.05, 4.69) is 32.4 Å². The van der Waals surface area contributed by atoms with Crippen LogP contribution in [-0.2, 0) is 11.2 Å². The minimum Gasteiger partial charge on any atom is -0.490 e. The predicted molar refractivity (Wildman–Crippen MR) is 106 cm³/mol. The van der Waals surface area contributed by atoms with Gasteiger partial charge in [0.25, 0.3) is 0 Å². The molecule has 0 atom stereocenters. The van der Waals surface area contributed by atoms with Crippen molar-refractivity contribution >= 4 is 28.1 Å². The van der Waals surface area contributed by atoms with E-state index in [4.69, 9.17) is 15.9 Å². The third-order valence-corrected chi connectivity index (χ3v) is 3.79. The summed E-state index contributed by atoms with van der Waals surface area (Å²) in [4.78, 5) is 11.9. The summed E-state index contributed by atoms with van der Waals surface area (Å²) >= 11 is 3.36. The zero-order valence-corrected chi connectivity index (χ0v) is 16.0. The van der Waals surface area contributed by atoms with E-state index >= 15 is 0 Å². The monoisotopic (exact) mass is 414 g/mol. The average Bonchev–Trinajstić information content (AvgIpc) is 2.63. The molecule has 0 aromatic heterocycles. The van der Waals surface area contributed by atoms with Gasteiger partial charge in [0.15, 0.2) is 11.5 Å². The van der Waals surface area contributed by atoms with E-state index in [1.807, 2.05) is 31.2 Å². The summed E-state index contributed by atoms with van der Waals surface area (Å²) in [5, 5.41) is 3.99. The van der Waals surface area contributed by atoms with Gasteiger partial charge in [0, 0.05) is 4.47 Å². The van der Waals surface area contributed by atoms with Gasteiger partial charge in [-0.25, -0.2) is 5.43 Å². The van der Waals surface area contributed by atoms with Gasteiger partial charge < -0.3 is 9.47 Å². The van der Waals surface area contributed by atoms with E-state index < -0.39 is 0 Å². The lowest BCUT2D eigenvalue weighted by Crippen LogP contribution is -2.19. The Morgan fingerprint density at radius 1 is 1.23 bits per heavy atom. The first-order valence-electron chi connectivity index (χ1n) is 8.02. The van der Waals surface area contributed by atoms with Crippen molar-refractivity contribution in [2.45, 2.75) is 13.3 Å². The Morgan fingerprint density at radius 3 is 2.69 bits per heavy atom. The van der Waals surface area contributed by atoms with Gasteiger partial charge in [-0.2, -0.15) is 5.10 Å². The zero-order valence-electron chi connectivity index (χ0n) is 14.4. The molecule has 2 aromatic carbocycles. The number of amides is 1. The fraction of sp³-hybridized carbons (Fsp3) is 0.200. The second kappa shape index (κ2) is 10.3. The number of hydrogen-bond donors (Lipinski definition) is 1. The molecule has 0 unspecified atom stereocenters. The number of nitrogens with one attached hydrogen (secondary N) is 1. The van der Waals surface area contributed by atoms with Crippen LogP contribution in [0.25, 0.3) is 0 Å². The summed E-state index contributed by atoms with van der Waals surface area (Å²) < 4.78 is 11.9. The fourth-order valence-corrected chi connectivity index (χ4v) is 2.38. The quantitative estimate of drug-likeness (QED) is 0.408. The van der Waals surface area contributed by atoms with Crippen LogP contribution in [0.1, 0.15) is 18.1 Å². The maximum Gasteiger partial charge on any atom is 0.244 e. The molecule has 0 spiro atoms. The van der Waals surface area contributed by atoms with Gasteiger partial charge in [-0.1, -0.05) is 34.0 Å². The van der Waals surface area contributed by atoms with E-state index in [0.29, 0.717) is 18.1 Å². The molecule has 0 aliphatic carbocycles. The number of halogens is 1. The minimum atomic E-state index is -0.192. The van der Waals surface area contributed by atoms with Crippen LogP contribution < -0.4 is 14.9 Å². The third-order valence-electron chi connectivity index (χ3n) is 3.26. The summed E-state index contributed by atoms with van der Waals surface area (Å²) in [7, 11) is 0. The van der Waals surface area contributed by atoms with Gasteiger partial charge in [-0.3, -0.25) is 4.79 Å². The number of benzene rings is 2. The molecule has 134 valence electrons. The number of nitrogens with zero attached hydrogens (tertiary/aromatic N) is 1. The van der Waals surface area contributed by atoms with E-state index in [0.717, 1.165) is 15.6 Å². The largest absolute Gasteiger partial charge is 0.490 e. The lowest BCUT2D eigenvalue weighted by Gasteiger charge is -2.10. The summed E-state index contributed by atoms with van der Waals surface area (Å²) in [5.41, 5.74) is 4.20. The molecular weight excluding hydrogens is 396 g/mol. The Kier molecular flexibility index (Phi) is 7.72. The van der Waals surface area contributed by atoms with Gasteiger partial charge >= 0.3 is 0 Å². The van der Waals surface area contributed by atoms with Crippen molar-refractivity contribution in [1.82, 2.24) is 5.43 Å². The van der Waals surface area contributed by atoms with Crippen LogP contribution in [0.2, 0.25) is 0 Å². The average molecular weight is 415 g/mol. The van der Waals surface area contributed by atoms with Crippen LogP contribution in [0, 0.1) is 12.3 Å². The fourth-order valence-electron chi connectivity index (χ4n) is 2.12. The molecule has 2 aromatic rings. The predicted octanol–water partition coefficient (Wildman–Crippen LogP) is 3.55. The first-order valence-corrected chi connectivity index (χ1v) is 8.81. The highest BCUT2D eigenvalue weighted by Gasteiger charge is 2.06. The number of ether oxygens (including phenoxy) is 2. The topological polar surface area (TPSA) is 59.9 Å². The lowest BCUT2D eigenvalue weighted by atomic mass is 10.1. The number of hydrogen-bond acceptors (Lipinski definition) is 4. The van der Waals surface area contributed by atoms with Crippen LogP contribution in [0.4, 0.5) is 0 Å². The first-order chi connectivity index (χ1) is 12.6. The molecule has 0 saturated heterocycles. The summed E-state index contributed by atoms with van der Waals surface area (Å²) in [5.74, 6) is 3.37. The highest BCUT2D eigenvalue weighted by molar-refractivity contribution is 9.10. The zero-order chi connectivity index (χ0) is 18.8.